The van der Waals surface area contributed by atoms with E-state index in [0.29, 0.717) is 22.8 Å². The van der Waals surface area contributed by atoms with E-state index in [0.717, 1.165) is 16.9 Å². The van der Waals surface area contributed by atoms with Crippen molar-refractivity contribution in [3.8, 4) is 17.2 Å². The Morgan fingerprint density at radius 2 is 1.81 bits per heavy atom. The van der Waals surface area contributed by atoms with Crippen LogP contribution < -0.4 is 30.3 Å². The zero-order chi connectivity index (χ0) is 26.9. The fraction of sp³-hybridized carbons (Fsp3) is 0.308. The van der Waals surface area contributed by atoms with Crippen molar-refractivity contribution >= 4 is 24.1 Å². The molecule has 0 fully saturated rings. The molecule has 0 bridgehead atoms. The third-order valence-corrected chi connectivity index (χ3v) is 5.48. The molecular weight excluding hydrogens is 480 g/mol. The van der Waals surface area contributed by atoms with Gasteiger partial charge in [-0.05, 0) is 55.7 Å². The summed E-state index contributed by atoms with van der Waals surface area (Å²) >= 11 is 0. The number of allylic oxidation sites excluding steroid dienone is 1. The molecule has 3 N–H and O–H groups in total. The molecule has 0 saturated carbocycles. The van der Waals surface area contributed by atoms with Gasteiger partial charge in [-0.2, -0.15) is 5.10 Å². The quantitative estimate of drug-likeness (QED) is 0.254. The van der Waals surface area contributed by atoms with Crippen molar-refractivity contribution in [2.24, 2.45) is 5.10 Å². The molecule has 2 aromatic carbocycles. The van der Waals surface area contributed by atoms with E-state index in [-0.39, 0.29) is 18.8 Å². The van der Waals surface area contributed by atoms with Gasteiger partial charge in [0.05, 0.1) is 38.7 Å². The second kappa shape index (κ2) is 12.4. The summed E-state index contributed by atoms with van der Waals surface area (Å²) in [6.07, 6.45) is 1.50. The number of nitrogens with one attached hydrogen (secondary N) is 3. The van der Waals surface area contributed by atoms with Crippen LogP contribution in [0.4, 0.5) is 4.79 Å². The Kier molecular flexibility index (Phi) is 9.09. The van der Waals surface area contributed by atoms with Crippen LogP contribution in [0.2, 0.25) is 0 Å². The zero-order valence-electron chi connectivity index (χ0n) is 21.3. The molecular formula is C26H30N4O7. The fourth-order valence-corrected chi connectivity index (χ4v) is 3.68. The van der Waals surface area contributed by atoms with E-state index in [1.807, 2.05) is 25.1 Å². The van der Waals surface area contributed by atoms with E-state index in [9.17, 15) is 14.4 Å². The molecule has 1 aliphatic rings. The van der Waals surface area contributed by atoms with Crippen LogP contribution in [0, 0.1) is 6.92 Å². The molecule has 2 aromatic rings. The van der Waals surface area contributed by atoms with Gasteiger partial charge in [-0.25, -0.2) is 15.0 Å². The van der Waals surface area contributed by atoms with Gasteiger partial charge in [0.25, 0.3) is 5.91 Å². The lowest BCUT2D eigenvalue weighted by Gasteiger charge is -2.28. The smallest absolute Gasteiger partial charge is 0.338 e. The highest BCUT2D eigenvalue weighted by Gasteiger charge is 2.32. The summed E-state index contributed by atoms with van der Waals surface area (Å²) in [5.41, 5.74) is 5.40. The molecule has 0 radical (unpaired) electrons. The van der Waals surface area contributed by atoms with Crippen molar-refractivity contribution in [2.75, 3.05) is 27.4 Å². The number of urea groups is 1. The van der Waals surface area contributed by atoms with Gasteiger partial charge >= 0.3 is 12.0 Å². The van der Waals surface area contributed by atoms with Crippen molar-refractivity contribution in [3.63, 3.8) is 0 Å². The van der Waals surface area contributed by atoms with E-state index in [4.69, 9.17) is 18.9 Å². The molecule has 0 aromatic heterocycles. The predicted octanol–water partition coefficient (Wildman–Crippen LogP) is 2.73. The monoisotopic (exact) mass is 510 g/mol. The highest BCUT2D eigenvalue weighted by Crippen LogP contribution is 2.34. The molecule has 1 aliphatic heterocycles. The Balaban J connectivity index is 1.68. The molecule has 37 heavy (non-hydrogen) atoms. The fourth-order valence-electron chi connectivity index (χ4n) is 3.68. The molecule has 3 amide bonds. The van der Waals surface area contributed by atoms with Crippen molar-refractivity contribution in [3.05, 3.63) is 64.4 Å². The summed E-state index contributed by atoms with van der Waals surface area (Å²) in [6.45, 7) is 5.13. The summed E-state index contributed by atoms with van der Waals surface area (Å²) < 4.78 is 21.5. The number of benzene rings is 2. The van der Waals surface area contributed by atoms with E-state index in [2.05, 4.69) is 21.2 Å². The van der Waals surface area contributed by atoms with E-state index >= 15 is 0 Å². The summed E-state index contributed by atoms with van der Waals surface area (Å²) in [4.78, 5) is 36.8. The number of carbonyl (C=O) groups is 3. The van der Waals surface area contributed by atoms with Gasteiger partial charge in [0, 0.05) is 5.70 Å². The van der Waals surface area contributed by atoms with Gasteiger partial charge in [0.2, 0.25) is 0 Å². The van der Waals surface area contributed by atoms with Crippen molar-refractivity contribution in [1.82, 2.24) is 16.1 Å². The normalized spacial score (nSPS) is 15.1. The lowest BCUT2D eigenvalue weighted by Crippen LogP contribution is -2.45. The highest BCUT2D eigenvalue weighted by molar-refractivity contribution is 5.95. The van der Waals surface area contributed by atoms with Crippen LogP contribution >= 0.6 is 0 Å². The minimum Gasteiger partial charge on any atom is -0.496 e. The van der Waals surface area contributed by atoms with Crippen molar-refractivity contribution in [2.45, 2.75) is 26.8 Å². The van der Waals surface area contributed by atoms with Crippen molar-refractivity contribution in [1.29, 1.82) is 0 Å². The van der Waals surface area contributed by atoms with E-state index < -0.39 is 23.9 Å². The van der Waals surface area contributed by atoms with Crippen LogP contribution in [0.1, 0.15) is 36.6 Å². The SMILES string of the molecule is CCOC(=O)C1=C(C)NC(=O)N[C@H]1c1ccc(OCC(=O)N/N=C/c2ccc(C)c(OC)c2)c(OC)c1. The molecule has 0 saturated heterocycles. The summed E-state index contributed by atoms with van der Waals surface area (Å²) in [5, 5.41) is 9.26. The van der Waals surface area contributed by atoms with E-state index in [1.165, 1.54) is 13.3 Å². The average molecular weight is 511 g/mol. The Labute approximate surface area is 214 Å². The number of methoxy groups -OCH3 is 2. The number of aryl methyl sites for hydroxylation is 1. The lowest BCUT2D eigenvalue weighted by molar-refractivity contribution is -0.139. The second-order valence-electron chi connectivity index (χ2n) is 8.01. The van der Waals surface area contributed by atoms with Gasteiger partial charge in [-0.1, -0.05) is 18.2 Å². The van der Waals surface area contributed by atoms with Gasteiger partial charge in [-0.3, -0.25) is 4.79 Å². The van der Waals surface area contributed by atoms with Crippen LogP contribution in [-0.2, 0) is 14.3 Å². The van der Waals surface area contributed by atoms with Crippen LogP contribution in [0.25, 0.3) is 0 Å². The number of ether oxygens (including phenoxy) is 4. The molecule has 11 heteroatoms. The number of amides is 3. The Hall–Kier alpha value is -4.54. The van der Waals surface area contributed by atoms with Crippen LogP contribution in [0.15, 0.2) is 52.8 Å². The van der Waals surface area contributed by atoms with Crippen LogP contribution in [-0.4, -0.2) is 51.6 Å². The molecule has 1 heterocycles. The standard InChI is InChI=1S/C26H30N4O7/c1-6-36-25(32)23-16(3)28-26(33)29-24(23)18-9-10-19(21(12-18)35-5)37-14-22(31)30-27-13-17-8-7-15(2)20(11-17)34-4/h7-13,24H,6,14H2,1-5H3,(H,30,31)(H2,28,29,33)/b27-13+/t24-/m0/s1. The molecule has 0 unspecified atom stereocenters. The summed E-state index contributed by atoms with van der Waals surface area (Å²) in [7, 11) is 3.03. The molecule has 3 rings (SSSR count). The molecule has 0 spiro atoms. The van der Waals surface area contributed by atoms with Gasteiger partial charge in [0.15, 0.2) is 18.1 Å². The van der Waals surface area contributed by atoms with Crippen LogP contribution in [0.3, 0.4) is 0 Å². The van der Waals surface area contributed by atoms with Gasteiger partial charge < -0.3 is 29.6 Å². The largest absolute Gasteiger partial charge is 0.496 e. The number of esters is 1. The molecule has 1 atom stereocenters. The first-order valence-electron chi connectivity index (χ1n) is 11.5. The second-order valence-corrected chi connectivity index (χ2v) is 8.01. The summed E-state index contributed by atoms with van der Waals surface area (Å²) in [5.74, 6) is 0.313. The third-order valence-electron chi connectivity index (χ3n) is 5.48. The lowest BCUT2D eigenvalue weighted by atomic mass is 9.95. The number of nitrogens with zero attached hydrogens (tertiary/aromatic N) is 1. The van der Waals surface area contributed by atoms with Gasteiger partial charge in [0.1, 0.15) is 5.75 Å². The molecule has 11 nitrogen and oxygen atoms in total. The first kappa shape index (κ1) is 27.1. The number of carbonyl (C=O) groups excluding carboxylic acids is 3. The molecule has 0 aliphatic carbocycles. The first-order chi connectivity index (χ1) is 17.8. The number of hydrazone groups is 1. The molecule has 196 valence electrons. The Bertz CT molecular complexity index is 1240. The summed E-state index contributed by atoms with van der Waals surface area (Å²) in [6, 6.07) is 9.23. The average Bonchev–Trinajstić information content (AvgIpc) is 2.87. The topological polar surface area (TPSA) is 137 Å². The maximum atomic E-state index is 12.5. The minimum absolute atomic E-state index is 0.192. The van der Waals surface area contributed by atoms with Crippen LogP contribution in [0.5, 0.6) is 17.2 Å². The van der Waals surface area contributed by atoms with Gasteiger partial charge in [-0.15, -0.1) is 0 Å². The zero-order valence-corrected chi connectivity index (χ0v) is 21.3. The highest BCUT2D eigenvalue weighted by atomic mass is 16.5. The number of hydrogen-bond donors (Lipinski definition) is 3. The number of hydrogen-bond acceptors (Lipinski definition) is 8. The predicted molar refractivity (Wildman–Crippen MR) is 136 cm³/mol. The number of rotatable bonds is 10. The van der Waals surface area contributed by atoms with Crippen molar-refractivity contribution < 1.29 is 33.3 Å². The van der Waals surface area contributed by atoms with E-state index in [1.54, 1.807) is 39.2 Å². The Morgan fingerprint density at radius 1 is 1.05 bits per heavy atom. The maximum Gasteiger partial charge on any atom is 0.338 e. The first-order valence-corrected chi connectivity index (χ1v) is 11.5. The minimum atomic E-state index is -0.756. The Morgan fingerprint density at radius 3 is 2.51 bits per heavy atom. The maximum absolute atomic E-state index is 12.5. The third kappa shape index (κ3) is 6.78.